The van der Waals surface area contributed by atoms with Crippen LogP contribution in [0, 0.1) is 0 Å². The third-order valence-corrected chi connectivity index (χ3v) is 3.47. The summed E-state index contributed by atoms with van der Waals surface area (Å²) in [6.07, 6.45) is 0. The summed E-state index contributed by atoms with van der Waals surface area (Å²) in [7, 11) is 0. The number of primary amides is 1. The van der Waals surface area contributed by atoms with Crippen molar-refractivity contribution in [3.05, 3.63) is 77.9 Å². The number of rotatable bonds is 3. The number of fused-ring (bicyclic) bond motifs is 1. The van der Waals surface area contributed by atoms with Crippen LogP contribution in [0.4, 0.5) is 5.69 Å². The van der Waals surface area contributed by atoms with Crippen molar-refractivity contribution in [1.82, 2.24) is 0 Å². The molecule has 0 aliphatic carbocycles. The molecule has 3 aromatic carbocycles. The van der Waals surface area contributed by atoms with E-state index in [2.05, 4.69) is 5.32 Å². The molecule has 0 heterocycles. The number of benzene rings is 3. The van der Waals surface area contributed by atoms with E-state index in [1.807, 2.05) is 42.5 Å². The van der Waals surface area contributed by atoms with Gasteiger partial charge >= 0.3 is 0 Å². The minimum atomic E-state index is -0.622. The Morgan fingerprint density at radius 2 is 1.41 bits per heavy atom. The quantitative estimate of drug-likeness (QED) is 0.777. The normalized spacial score (nSPS) is 10.4. The van der Waals surface area contributed by atoms with Gasteiger partial charge in [0, 0.05) is 11.1 Å². The molecule has 0 aliphatic rings. The highest BCUT2D eigenvalue weighted by atomic mass is 16.2. The predicted octanol–water partition coefficient (Wildman–Crippen LogP) is 3.19. The molecular formula is C18H14N2O2. The zero-order valence-electron chi connectivity index (χ0n) is 11.7. The number of hydrogen-bond donors (Lipinski definition) is 2. The van der Waals surface area contributed by atoms with E-state index in [0.29, 0.717) is 5.69 Å². The molecule has 3 rings (SSSR count). The van der Waals surface area contributed by atoms with Crippen LogP contribution in [0.1, 0.15) is 20.7 Å². The first kappa shape index (κ1) is 13.8. The molecule has 3 aromatic rings. The second-order valence-electron chi connectivity index (χ2n) is 4.89. The van der Waals surface area contributed by atoms with Crippen LogP contribution in [0.15, 0.2) is 66.7 Å². The molecule has 3 N–H and O–H groups in total. The molecule has 0 atom stereocenters. The number of nitrogens with one attached hydrogen (secondary N) is 1. The monoisotopic (exact) mass is 290 g/mol. The van der Waals surface area contributed by atoms with Crippen LogP contribution in [-0.4, -0.2) is 11.8 Å². The van der Waals surface area contributed by atoms with E-state index in [0.717, 1.165) is 10.8 Å². The molecule has 0 aliphatic heterocycles. The van der Waals surface area contributed by atoms with Crippen molar-refractivity contribution in [2.75, 3.05) is 5.32 Å². The summed E-state index contributed by atoms with van der Waals surface area (Å²) in [6.45, 7) is 0. The first-order valence-electron chi connectivity index (χ1n) is 6.85. The molecular weight excluding hydrogens is 276 g/mol. The van der Waals surface area contributed by atoms with E-state index >= 15 is 0 Å². The molecule has 0 spiro atoms. The van der Waals surface area contributed by atoms with Crippen LogP contribution in [-0.2, 0) is 0 Å². The standard InChI is InChI=1S/C18H14N2O2/c19-17(21)14-9-3-4-10-15(14)18(22)20-16-11-5-7-12-6-1-2-8-13(12)16/h1-11H,(H2,19,21)(H,20,22). The lowest BCUT2D eigenvalue weighted by atomic mass is 10.1. The van der Waals surface area contributed by atoms with E-state index < -0.39 is 5.91 Å². The third kappa shape index (κ3) is 2.54. The Morgan fingerprint density at radius 1 is 0.773 bits per heavy atom. The molecule has 0 saturated carbocycles. The van der Waals surface area contributed by atoms with Gasteiger partial charge in [0.25, 0.3) is 5.91 Å². The fourth-order valence-electron chi connectivity index (χ4n) is 2.42. The maximum absolute atomic E-state index is 12.5. The van der Waals surface area contributed by atoms with Crippen molar-refractivity contribution in [2.45, 2.75) is 0 Å². The second kappa shape index (κ2) is 5.69. The average Bonchev–Trinajstić information content (AvgIpc) is 2.55. The molecule has 0 aromatic heterocycles. The van der Waals surface area contributed by atoms with Crippen molar-refractivity contribution >= 4 is 28.3 Å². The first-order valence-corrected chi connectivity index (χ1v) is 6.85. The average molecular weight is 290 g/mol. The van der Waals surface area contributed by atoms with Crippen LogP contribution < -0.4 is 11.1 Å². The van der Waals surface area contributed by atoms with Gasteiger partial charge in [-0.05, 0) is 23.6 Å². The third-order valence-electron chi connectivity index (χ3n) is 3.47. The fourth-order valence-corrected chi connectivity index (χ4v) is 2.42. The van der Waals surface area contributed by atoms with Gasteiger partial charge in [-0.2, -0.15) is 0 Å². The molecule has 4 nitrogen and oxygen atoms in total. The Morgan fingerprint density at radius 3 is 2.18 bits per heavy atom. The Balaban J connectivity index is 1.99. The van der Waals surface area contributed by atoms with Crippen LogP contribution in [0.5, 0.6) is 0 Å². The van der Waals surface area contributed by atoms with Gasteiger partial charge in [-0.3, -0.25) is 9.59 Å². The number of amides is 2. The van der Waals surface area contributed by atoms with Crippen molar-refractivity contribution in [2.24, 2.45) is 5.73 Å². The largest absolute Gasteiger partial charge is 0.366 e. The lowest BCUT2D eigenvalue weighted by Gasteiger charge is -2.10. The Hall–Kier alpha value is -3.14. The Labute approximate surface area is 127 Å². The van der Waals surface area contributed by atoms with E-state index in [-0.39, 0.29) is 17.0 Å². The molecule has 108 valence electrons. The summed E-state index contributed by atoms with van der Waals surface area (Å²) in [4.78, 5) is 23.9. The van der Waals surface area contributed by atoms with Gasteiger partial charge in [-0.1, -0.05) is 48.5 Å². The van der Waals surface area contributed by atoms with E-state index in [4.69, 9.17) is 5.73 Å². The lowest BCUT2D eigenvalue weighted by molar-refractivity contribution is 0.0977. The summed E-state index contributed by atoms with van der Waals surface area (Å²) in [5, 5.41) is 4.82. The molecule has 0 fully saturated rings. The topological polar surface area (TPSA) is 72.2 Å². The minimum absolute atomic E-state index is 0.209. The zero-order chi connectivity index (χ0) is 15.5. The highest BCUT2D eigenvalue weighted by Gasteiger charge is 2.15. The molecule has 0 bridgehead atoms. The van der Waals surface area contributed by atoms with Crippen LogP contribution in [0.3, 0.4) is 0 Å². The molecule has 4 heteroatoms. The Kier molecular flexibility index (Phi) is 3.58. The number of hydrogen-bond acceptors (Lipinski definition) is 2. The SMILES string of the molecule is NC(=O)c1ccccc1C(=O)Nc1cccc2ccccc12. The maximum atomic E-state index is 12.5. The van der Waals surface area contributed by atoms with Crippen molar-refractivity contribution in [3.63, 3.8) is 0 Å². The number of carbonyl (C=O) groups is 2. The lowest BCUT2D eigenvalue weighted by Crippen LogP contribution is -2.20. The van der Waals surface area contributed by atoms with Gasteiger partial charge in [0.2, 0.25) is 5.91 Å². The zero-order valence-corrected chi connectivity index (χ0v) is 11.7. The van der Waals surface area contributed by atoms with Gasteiger partial charge < -0.3 is 11.1 Å². The number of nitrogens with two attached hydrogens (primary N) is 1. The van der Waals surface area contributed by atoms with Crippen molar-refractivity contribution in [3.8, 4) is 0 Å². The first-order chi connectivity index (χ1) is 10.7. The highest BCUT2D eigenvalue weighted by Crippen LogP contribution is 2.23. The van der Waals surface area contributed by atoms with Crippen molar-refractivity contribution in [1.29, 1.82) is 0 Å². The smallest absolute Gasteiger partial charge is 0.256 e. The molecule has 2 amide bonds. The molecule has 0 unspecified atom stereocenters. The van der Waals surface area contributed by atoms with Crippen LogP contribution in [0.2, 0.25) is 0 Å². The minimum Gasteiger partial charge on any atom is -0.366 e. The van der Waals surface area contributed by atoms with Crippen molar-refractivity contribution < 1.29 is 9.59 Å². The van der Waals surface area contributed by atoms with Gasteiger partial charge in [0.1, 0.15) is 0 Å². The number of anilines is 1. The summed E-state index contributed by atoms with van der Waals surface area (Å²) < 4.78 is 0. The fraction of sp³-hybridized carbons (Fsp3) is 0. The summed E-state index contributed by atoms with van der Waals surface area (Å²) in [5.74, 6) is -0.977. The summed E-state index contributed by atoms with van der Waals surface area (Å²) in [6, 6.07) is 19.9. The van der Waals surface area contributed by atoms with Crippen LogP contribution in [0.25, 0.3) is 10.8 Å². The van der Waals surface area contributed by atoms with Gasteiger partial charge in [-0.25, -0.2) is 0 Å². The van der Waals surface area contributed by atoms with Gasteiger partial charge in [-0.15, -0.1) is 0 Å². The van der Waals surface area contributed by atoms with Gasteiger partial charge in [0.15, 0.2) is 0 Å². The highest BCUT2D eigenvalue weighted by molar-refractivity contribution is 6.14. The maximum Gasteiger partial charge on any atom is 0.256 e. The van der Waals surface area contributed by atoms with E-state index in [1.54, 1.807) is 24.3 Å². The second-order valence-corrected chi connectivity index (χ2v) is 4.89. The molecule has 0 radical (unpaired) electrons. The van der Waals surface area contributed by atoms with E-state index in [9.17, 15) is 9.59 Å². The summed E-state index contributed by atoms with van der Waals surface area (Å²) >= 11 is 0. The van der Waals surface area contributed by atoms with Crippen LogP contribution >= 0.6 is 0 Å². The Bertz CT molecular complexity index is 866. The molecule has 0 saturated heterocycles. The number of carbonyl (C=O) groups excluding carboxylic acids is 2. The van der Waals surface area contributed by atoms with E-state index in [1.165, 1.54) is 0 Å². The molecule has 22 heavy (non-hydrogen) atoms. The summed E-state index contributed by atoms with van der Waals surface area (Å²) in [5.41, 5.74) is 6.49. The van der Waals surface area contributed by atoms with Gasteiger partial charge in [0.05, 0.1) is 11.1 Å². The predicted molar refractivity (Wildman–Crippen MR) is 86.9 cm³/mol.